The van der Waals surface area contributed by atoms with Gasteiger partial charge in [0.05, 0.1) is 0 Å². The molecule has 0 saturated carbocycles. The van der Waals surface area contributed by atoms with Gasteiger partial charge in [-0.15, -0.1) is 0 Å². The Morgan fingerprint density at radius 2 is 1.53 bits per heavy atom. The molecule has 102 valence electrons. The topological polar surface area (TPSA) is 70.2 Å². The van der Waals surface area contributed by atoms with E-state index in [1.54, 1.807) is 32.8 Å². The van der Waals surface area contributed by atoms with Crippen LogP contribution in [0.1, 0.15) is 27.7 Å². The number of carbonyl (C=O) groups is 1. The van der Waals surface area contributed by atoms with E-state index in [4.69, 9.17) is 0 Å². The van der Waals surface area contributed by atoms with Gasteiger partial charge in [-0.2, -0.15) is 8.78 Å². The standard InChI is InChI=1S/C8H17ClF2N3O2P/c1-5(2)12-17(16,13-6(3)4)14-7(15)8(9,10)11/h5-6H,1-4H3,(H3,12,13,14,15,16). The van der Waals surface area contributed by atoms with E-state index < -0.39 is 18.9 Å². The molecule has 1 amide bonds. The molecule has 0 aromatic rings. The summed E-state index contributed by atoms with van der Waals surface area (Å²) in [5, 5.41) is 2.64. The zero-order valence-corrected chi connectivity index (χ0v) is 11.7. The van der Waals surface area contributed by atoms with Crippen LogP contribution in [0.15, 0.2) is 0 Å². The fourth-order valence-corrected chi connectivity index (χ4v) is 3.23. The van der Waals surface area contributed by atoms with E-state index in [1.165, 1.54) is 0 Å². The summed E-state index contributed by atoms with van der Waals surface area (Å²) in [7, 11) is -3.65. The van der Waals surface area contributed by atoms with Crippen molar-refractivity contribution in [3.8, 4) is 0 Å². The SMILES string of the molecule is CC(C)NP(=O)(NC(=O)C(F)(F)Cl)NC(C)C. The van der Waals surface area contributed by atoms with E-state index in [0.29, 0.717) is 0 Å². The number of halogens is 3. The van der Waals surface area contributed by atoms with Crippen molar-refractivity contribution in [3.63, 3.8) is 0 Å². The molecule has 9 heteroatoms. The third-order valence-corrected chi connectivity index (χ3v) is 3.85. The zero-order valence-electron chi connectivity index (χ0n) is 10.1. The molecule has 17 heavy (non-hydrogen) atoms. The van der Waals surface area contributed by atoms with Crippen LogP contribution in [0.25, 0.3) is 0 Å². The van der Waals surface area contributed by atoms with Gasteiger partial charge in [0.1, 0.15) is 0 Å². The highest BCUT2D eigenvalue weighted by molar-refractivity contribution is 7.58. The molecule has 0 atom stereocenters. The first-order chi connectivity index (χ1) is 7.46. The first kappa shape index (κ1) is 16.8. The van der Waals surface area contributed by atoms with Crippen LogP contribution in [0.5, 0.6) is 0 Å². The number of nitrogens with one attached hydrogen (secondary N) is 3. The monoisotopic (exact) mass is 291 g/mol. The highest BCUT2D eigenvalue weighted by Gasteiger charge is 2.40. The summed E-state index contributed by atoms with van der Waals surface area (Å²) in [6, 6.07) is -0.535. The molecule has 0 heterocycles. The van der Waals surface area contributed by atoms with Crippen LogP contribution in [-0.4, -0.2) is 23.4 Å². The van der Waals surface area contributed by atoms with Crippen molar-refractivity contribution in [1.29, 1.82) is 0 Å². The molecule has 0 aromatic carbocycles. The Morgan fingerprint density at radius 1 is 1.18 bits per heavy atom. The molecule has 0 unspecified atom stereocenters. The molecule has 3 N–H and O–H groups in total. The van der Waals surface area contributed by atoms with Crippen LogP contribution < -0.4 is 15.3 Å². The number of amides is 1. The summed E-state index contributed by atoms with van der Waals surface area (Å²) in [4.78, 5) is 11.0. The Labute approximate surface area is 104 Å². The summed E-state index contributed by atoms with van der Waals surface area (Å²) in [6.45, 7) is 6.67. The van der Waals surface area contributed by atoms with Gasteiger partial charge in [0.2, 0.25) is 0 Å². The minimum atomic E-state index is -4.09. The molecule has 0 aliphatic carbocycles. The Bertz CT molecular complexity index is 306. The van der Waals surface area contributed by atoms with Gasteiger partial charge in [-0.05, 0) is 39.3 Å². The highest BCUT2D eigenvalue weighted by atomic mass is 35.5. The first-order valence-electron chi connectivity index (χ1n) is 5.01. The first-order valence-corrected chi connectivity index (χ1v) is 7.10. The quantitative estimate of drug-likeness (QED) is 0.517. The minimum absolute atomic E-state index is 0.267. The van der Waals surface area contributed by atoms with E-state index in [2.05, 4.69) is 21.8 Å². The Hall–Kier alpha value is -0.230. The van der Waals surface area contributed by atoms with Crippen molar-refractivity contribution in [2.75, 3.05) is 0 Å². The van der Waals surface area contributed by atoms with E-state index in [-0.39, 0.29) is 12.1 Å². The van der Waals surface area contributed by atoms with Crippen molar-refractivity contribution < 1.29 is 18.1 Å². The molecular formula is C8H17ClF2N3O2P. The lowest BCUT2D eigenvalue weighted by Crippen LogP contribution is -2.44. The third-order valence-electron chi connectivity index (χ3n) is 1.40. The van der Waals surface area contributed by atoms with E-state index >= 15 is 0 Å². The van der Waals surface area contributed by atoms with Gasteiger partial charge in [0.25, 0.3) is 0 Å². The number of hydrogen-bond donors (Lipinski definition) is 3. The van der Waals surface area contributed by atoms with Gasteiger partial charge < -0.3 is 0 Å². The molecule has 0 saturated heterocycles. The number of alkyl halides is 3. The van der Waals surface area contributed by atoms with Gasteiger partial charge >= 0.3 is 18.9 Å². The van der Waals surface area contributed by atoms with E-state index in [1.807, 2.05) is 0 Å². The molecule has 0 aliphatic heterocycles. The molecule has 0 aromatic heterocycles. The molecule has 0 bridgehead atoms. The second-order valence-corrected chi connectivity index (χ2v) is 6.55. The number of carbonyl (C=O) groups excluding carboxylic acids is 1. The largest absolute Gasteiger partial charge is 0.400 e. The van der Waals surface area contributed by atoms with Gasteiger partial charge in [-0.3, -0.25) is 14.4 Å². The number of rotatable bonds is 6. The Morgan fingerprint density at radius 3 is 1.76 bits per heavy atom. The predicted molar refractivity (Wildman–Crippen MR) is 63.1 cm³/mol. The summed E-state index contributed by atoms with van der Waals surface area (Å²) in [5.41, 5.74) is 0. The van der Waals surface area contributed by atoms with Gasteiger partial charge in [0, 0.05) is 12.1 Å². The maximum atomic E-state index is 12.5. The average molecular weight is 292 g/mol. The maximum absolute atomic E-state index is 12.5. The zero-order chi connectivity index (χ0) is 13.9. The second-order valence-electron chi connectivity index (χ2n) is 4.12. The Balaban J connectivity index is 4.83. The van der Waals surface area contributed by atoms with Crippen LogP contribution in [0.3, 0.4) is 0 Å². The van der Waals surface area contributed by atoms with Crippen LogP contribution in [0.2, 0.25) is 0 Å². The van der Waals surface area contributed by atoms with E-state index in [0.717, 1.165) is 0 Å². The van der Waals surface area contributed by atoms with Gasteiger partial charge in [-0.1, -0.05) is 0 Å². The smallest absolute Gasteiger partial charge is 0.277 e. The molecule has 0 radical (unpaired) electrons. The molecule has 0 fully saturated rings. The highest BCUT2D eigenvalue weighted by Crippen LogP contribution is 2.34. The fraction of sp³-hybridized carbons (Fsp3) is 0.875. The van der Waals surface area contributed by atoms with Crippen LogP contribution in [0.4, 0.5) is 8.78 Å². The van der Waals surface area contributed by atoms with Crippen molar-refractivity contribution in [2.45, 2.75) is 45.2 Å². The van der Waals surface area contributed by atoms with Crippen LogP contribution in [-0.2, 0) is 9.36 Å². The third kappa shape index (κ3) is 6.93. The van der Waals surface area contributed by atoms with Crippen LogP contribution in [0, 0.1) is 0 Å². The normalized spacial score (nSPS) is 13.2. The van der Waals surface area contributed by atoms with Crippen LogP contribution >= 0.6 is 19.2 Å². The van der Waals surface area contributed by atoms with Crippen molar-refractivity contribution in [2.24, 2.45) is 0 Å². The number of hydrogen-bond acceptors (Lipinski definition) is 2. The minimum Gasteiger partial charge on any atom is -0.277 e. The van der Waals surface area contributed by atoms with Crippen molar-refractivity contribution in [3.05, 3.63) is 0 Å². The lowest BCUT2D eigenvalue weighted by Gasteiger charge is -2.26. The summed E-state index contributed by atoms with van der Waals surface area (Å²) in [5.74, 6) is -1.80. The summed E-state index contributed by atoms with van der Waals surface area (Å²) < 4.78 is 37.1. The predicted octanol–water partition coefficient (Wildman–Crippen LogP) is 2.04. The molecule has 0 spiro atoms. The summed E-state index contributed by atoms with van der Waals surface area (Å²) >= 11 is 4.54. The lowest BCUT2D eigenvalue weighted by molar-refractivity contribution is -0.133. The van der Waals surface area contributed by atoms with Gasteiger partial charge in [0.15, 0.2) is 0 Å². The van der Waals surface area contributed by atoms with E-state index in [9.17, 15) is 18.1 Å². The maximum Gasteiger partial charge on any atom is 0.400 e. The molecule has 5 nitrogen and oxygen atoms in total. The molecule has 0 aliphatic rings. The molecular weight excluding hydrogens is 275 g/mol. The second kappa shape index (κ2) is 6.09. The molecule has 0 rings (SSSR count). The fourth-order valence-electron chi connectivity index (χ4n) is 1.04. The Kier molecular flexibility index (Phi) is 6.01. The summed E-state index contributed by atoms with van der Waals surface area (Å²) in [6.07, 6.45) is 0. The van der Waals surface area contributed by atoms with Gasteiger partial charge in [-0.25, -0.2) is 10.2 Å². The van der Waals surface area contributed by atoms with Crippen molar-refractivity contribution in [1.82, 2.24) is 15.3 Å². The lowest BCUT2D eigenvalue weighted by atomic mass is 10.4. The average Bonchev–Trinajstić information content (AvgIpc) is 1.96. The van der Waals surface area contributed by atoms with Crippen molar-refractivity contribution >= 4 is 25.1 Å².